The number of hydrogen-bond acceptors (Lipinski definition) is 11. The van der Waals surface area contributed by atoms with Crippen LogP contribution in [0.5, 0.6) is 5.75 Å². The lowest BCUT2D eigenvalue weighted by Gasteiger charge is -2.43. The molecule has 0 saturated carbocycles. The summed E-state index contributed by atoms with van der Waals surface area (Å²) in [7, 11) is 0. The van der Waals surface area contributed by atoms with Crippen LogP contribution in [0, 0.1) is 11.3 Å². The molecule has 2 unspecified atom stereocenters. The van der Waals surface area contributed by atoms with Crippen LogP contribution in [0.1, 0.15) is 12.0 Å². The molecule has 12 heteroatoms. The summed E-state index contributed by atoms with van der Waals surface area (Å²) < 4.78 is 31.5. The molecule has 1 N–H and O–H groups in total. The summed E-state index contributed by atoms with van der Waals surface area (Å²) in [5.74, 6) is 1.19. The third-order valence-corrected chi connectivity index (χ3v) is 8.80. The summed E-state index contributed by atoms with van der Waals surface area (Å²) in [6.45, 7) is 8.19. The second kappa shape index (κ2) is 12.4. The first-order valence-electron chi connectivity index (χ1n) is 14.9. The van der Waals surface area contributed by atoms with Gasteiger partial charge in [-0.1, -0.05) is 0 Å². The van der Waals surface area contributed by atoms with Gasteiger partial charge in [0, 0.05) is 56.2 Å². The van der Waals surface area contributed by atoms with Gasteiger partial charge in [0.2, 0.25) is 5.95 Å². The lowest BCUT2D eigenvalue weighted by molar-refractivity contribution is -0.0928. The van der Waals surface area contributed by atoms with Crippen molar-refractivity contribution in [1.82, 2.24) is 24.8 Å². The molecule has 4 aliphatic heterocycles. The number of piperidine rings is 1. The molecule has 224 valence electrons. The Bertz CT molecular complexity index is 1450. The maximum absolute atomic E-state index is 14.9. The highest BCUT2D eigenvalue weighted by Crippen LogP contribution is 2.30. The van der Waals surface area contributed by atoms with Gasteiger partial charge in [-0.05, 0) is 48.9 Å². The lowest BCUT2D eigenvalue weighted by Crippen LogP contribution is -2.56. The highest BCUT2D eigenvalue weighted by Gasteiger charge is 2.36. The Labute approximate surface area is 250 Å². The number of piperazine rings is 1. The first-order valence-corrected chi connectivity index (χ1v) is 14.9. The summed E-state index contributed by atoms with van der Waals surface area (Å²) in [6.07, 6.45) is 0.267. The summed E-state index contributed by atoms with van der Waals surface area (Å²) in [5.41, 5.74) is 3.01. The summed E-state index contributed by atoms with van der Waals surface area (Å²) >= 11 is 0. The maximum atomic E-state index is 14.9. The molecule has 5 heterocycles. The van der Waals surface area contributed by atoms with Crippen LogP contribution >= 0.6 is 0 Å². The van der Waals surface area contributed by atoms with Crippen molar-refractivity contribution < 1.29 is 18.6 Å². The monoisotopic (exact) mass is 586 g/mol. The average molecular weight is 587 g/mol. The van der Waals surface area contributed by atoms with E-state index in [1.807, 2.05) is 12.1 Å². The van der Waals surface area contributed by atoms with E-state index in [2.05, 4.69) is 53.2 Å². The van der Waals surface area contributed by atoms with E-state index in [9.17, 15) is 9.65 Å². The number of nitrogens with one attached hydrogen (secondary N) is 1. The fraction of sp³-hybridized carbons (Fsp3) is 0.484. The van der Waals surface area contributed by atoms with E-state index in [4.69, 9.17) is 14.2 Å². The van der Waals surface area contributed by atoms with Gasteiger partial charge in [-0.15, -0.1) is 0 Å². The zero-order chi connectivity index (χ0) is 29.2. The van der Waals surface area contributed by atoms with Crippen molar-refractivity contribution in [3.05, 3.63) is 54.4 Å². The van der Waals surface area contributed by atoms with Gasteiger partial charge in [0.1, 0.15) is 30.4 Å². The Morgan fingerprint density at radius 3 is 2.33 bits per heavy atom. The summed E-state index contributed by atoms with van der Waals surface area (Å²) in [5, 5.41) is 13.1. The zero-order valence-corrected chi connectivity index (χ0v) is 23.9. The zero-order valence-electron chi connectivity index (χ0n) is 23.9. The van der Waals surface area contributed by atoms with Crippen molar-refractivity contribution in [2.75, 3.05) is 75.9 Å². The second-order valence-corrected chi connectivity index (χ2v) is 11.5. The fourth-order valence-corrected chi connectivity index (χ4v) is 5.99. The summed E-state index contributed by atoms with van der Waals surface area (Å²) in [4.78, 5) is 20.2. The maximum Gasteiger partial charge on any atom is 0.230 e. The molecular weight excluding hydrogens is 551 g/mol. The molecule has 0 aliphatic carbocycles. The number of halogens is 1. The van der Waals surface area contributed by atoms with Gasteiger partial charge in [0.15, 0.2) is 5.82 Å². The first kappa shape index (κ1) is 27.9. The van der Waals surface area contributed by atoms with E-state index in [-0.39, 0.29) is 0 Å². The molecule has 0 radical (unpaired) electrons. The molecule has 0 bridgehead atoms. The van der Waals surface area contributed by atoms with Crippen LogP contribution in [0.2, 0.25) is 0 Å². The van der Waals surface area contributed by atoms with Crippen LogP contribution in [0.25, 0.3) is 11.4 Å². The fourth-order valence-electron chi connectivity index (χ4n) is 5.99. The highest BCUT2D eigenvalue weighted by molar-refractivity contribution is 5.64. The number of rotatable bonds is 8. The lowest BCUT2D eigenvalue weighted by atomic mass is 10.0. The van der Waals surface area contributed by atoms with Crippen LogP contribution in [0.4, 0.5) is 21.7 Å². The van der Waals surface area contributed by atoms with Crippen molar-refractivity contribution in [2.45, 2.75) is 30.8 Å². The minimum Gasteiger partial charge on any atom is -0.486 e. The van der Waals surface area contributed by atoms with Gasteiger partial charge in [0.25, 0.3) is 0 Å². The van der Waals surface area contributed by atoms with E-state index in [0.717, 1.165) is 51.6 Å². The smallest absolute Gasteiger partial charge is 0.230 e. The topological polar surface area (TPSA) is 112 Å². The van der Waals surface area contributed by atoms with E-state index in [1.54, 1.807) is 18.2 Å². The second-order valence-electron chi connectivity index (χ2n) is 11.5. The molecule has 0 spiro atoms. The number of aromatic nitrogens is 3. The molecule has 2 aromatic carbocycles. The van der Waals surface area contributed by atoms with Gasteiger partial charge >= 0.3 is 0 Å². The number of anilines is 3. The van der Waals surface area contributed by atoms with Gasteiger partial charge < -0.3 is 24.4 Å². The van der Waals surface area contributed by atoms with Crippen LogP contribution in [-0.4, -0.2) is 115 Å². The van der Waals surface area contributed by atoms with Crippen LogP contribution in [0.15, 0.2) is 48.8 Å². The minimum atomic E-state index is -1.13. The Kier molecular flexibility index (Phi) is 8.04. The number of nitrogens with zero attached hydrogens (tertiary/aromatic N) is 7. The molecule has 1 aromatic heterocycles. The molecule has 3 aromatic rings. The largest absolute Gasteiger partial charge is 0.486 e. The SMILES string of the molecule is N#Cc1cc(-c2ncnc(Nc3ccc(N4CCN(C5COC5)CC4)cc3)n2)ccc1OC1CCN(C2COC2)CC1F. The molecule has 4 aliphatic rings. The number of hydrogen-bond donors (Lipinski definition) is 1. The molecule has 2 atom stereocenters. The number of benzene rings is 2. The molecule has 43 heavy (non-hydrogen) atoms. The van der Waals surface area contributed by atoms with Crippen molar-refractivity contribution in [2.24, 2.45) is 0 Å². The number of ether oxygens (including phenoxy) is 3. The molecule has 11 nitrogen and oxygen atoms in total. The van der Waals surface area contributed by atoms with Gasteiger partial charge in [-0.25, -0.2) is 14.4 Å². The quantitative estimate of drug-likeness (QED) is 0.421. The third-order valence-electron chi connectivity index (χ3n) is 8.80. The minimum absolute atomic E-state index is 0.298. The van der Waals surface area contributed by atoms with Gasteiger partial charge in [-0.3, -0.25) is 9.80 Å². The van der Waals surface area contributed by atoms with Crippen molar-refractivity contribution in [3.8, 4) is 23.2 Å². The van der Waals surface area contributed by atoms with Gasteiger partial charge in [0.05, 0.1) is 44.1 Å². The van der Waals surface area contributed by atoms with E-state index < -0.39 is 12.3 Å². The van der Waals surface area contributed by atoms with Crippen LogP contribution < -0.4 is 15.0 Å². The van der Waals surface area contributed by atoms with Crippen LogP contribution in [0.3, 0.4) is 0 Å². The Balaban J connectivity index is 0.974. The van der Waals surface area contributed by atoms with E-state index in [0.29, 0.717) is 66.9 Å². The number of alkyl halides is 1. The van der Waals surface area contributed by atoms with E-state index in [1.165, 1.54) is 12.0 Å². The number of nitriles is 1. The third kappa shape index (κ3) is 6.12. The molecule has 4 fully saturated rings. The van der Waals surface area contributed by atoms with Crippen molar-refractivity contribution >= 4 is 17.3 Å². The predicted octanol–water partition coefficient (Wildman–Crippen LogP) is 2.86. The van der Waals surface area contributed by atoms with Gasteiger partial charge in [-0.2, -0.15) is 10.2 Å². The highest BCUT2D eigenvalue weighted by atomic mass is 19.1. The molecule has 4 saturated heterocycles. The van der Waals surface area contributed by atoms with E-state index >= 15 is 0 Å². The predicted molar refractivity (Wildman–Crippen MR) is 158 cm³/mol. The summed E-state index contributed by atoms with van der Waals surface area (Å²) in [6, 6.07) is 16.5. The van der Waals surface area contributed by atoms with Crippen LogP contribution in [-0.2, 0) is 9.47 Å². The standard InChI is InChI=1S/C31H35FN8O3/c32-27-15-40(26-18-42-19-26)8-7-29(27)43-28-6-1-21(13-22(28)14-33)30-34-20-35-31(37-30)36-23-2-4-24(5-3-23)38-9-11-39(12-10-38)25-16-41-17-25/h1-6,13,20,25-27,29H,7-12,15-19H2,(H,34,35,36,37). The average Bonchev–Trinajstić information content (AvgIpc) is 2.98. The molecule has 7 rings (SSSR count). The Morgan fingerprint density at radius 1 is 0.907 bits per heavy atom. The molecular formula is C31H35FN8O3. The Hall–Kier alpha value is -3.89. The van der Waals surface area contributed by atoms with Crippen molar-refractivity contribution in [1.29, 1.82) is 5.26 Å². The molecule has 0 amide bonds. The first-order chi connectivity index (χ1) is 21.1. The number of likely N-dealkylation sites (tertiary alicyclic amines) is 1. The Morgan fingerprint density at radius 2 is 1.65 bits per heavy atom. The van der Waals surface area contributed by atoms with Crippen molar-refractivity contribution in [3.63, 3.8) is 0 Å². The normalized spacial score (nSPS) is 23.7.